The summed E-state index contributed by atoms with van der Waals surface area (Å²) in [6.07, 6.45) is 1.87. The number of ketones is 1. The van der Waals surface area contributed by atoms with Gasteiger partial charge < -0.3 is 14.6 Å². The first kappa shape index (κ1) is 20.2. The van der Waals surface area contributed by atoms with Crippen molar-refractivity contribution in [3.8, 4) is 17.2 Å². The molecule has 1 N–H and O–H groups in total. The third kappa shape index (κ3) is 4.30. The molecule has 0 amide bonds. The Labute approximate surface area is 166 Å². The number of carbonyl (C=O) groups excluding carboxylic acids is 1. The van der Waals surface area contributed by atoms with Crippen molar-refractivity contribution < 1.29 is 19.4 Å². The molecule has 1 fully saturated rings. The zero-order chi connectivity index (χ0) is 20.3. The number of nitrogens with zero attached hydrogens (tertiary/aromatic N) is 1. The van der Waals surface area contributed by atoms with Gasteiger partial charge in [0.1, 0.15) is 17.2 Å². The van der Waals surface area contributed by atoms with E-state index >= 15 is 0 Å². The fraction of sp³-hybridized carbons (Fsp3) is 0.435. The van der Waals surface area contributed by atoms with E-state index in [0.717, 1.165) is 47.4 Å². The highest BCUT2D eigenvalue weighted by molar-refractivity contribution is 5.98. The van der Waals surface area contributed by atoms with Crippen LogP contribution in [-0.4, -0.2) is 43.1 Å². The first-order chi connectivity index (χ1) is 13.4. The molecule has 28 heavy (non-hydrogen) atoms. The number of rotatable bonds is 6. The number of phenolic OH excluding ortho intramolecular Hbond substituents is 1. The van der Waals surface area contributed by atoms with E-state index in [1.165, 1.54) is 0 Å². The number of hydrogen-bond donors (Lipinski definition) is 1. The van der Waals surface area contributed by atoms with Crippen LogP contribution in [-0.2, 0) is 6.54 Å². The number of Topliss-reactive ketones (excluding diaryl/α,β-unsaturated/α-hetero) is 1. The lowest BCUT2D eigenvalue weighted by atomic mass is 9.88. The standard InChI is InChI=1S/C23H29NO4/c1-15-10-19(11-16(2)23(15)28-4)22(26)18-6-5-9-24(14-18)13-17-7-8-20(27-3)12-21(17)25/h7-8,10-12,18,25H,5-6,9,13-14H2,1-4H3/t18-/m1/s1. The Morgan fingerprint density at radius 3 is 2.46 bits per heavy atom. The van der Waals surface area contributed by atoms with E-state index in [-0.39, 0.29) is 17.5 Å². The van der Waals surface area contributed by atoms with Gasteiger partial charge in [-0.15, -0.1) is 0 Å². The summed E-state index contributed by atoms with van der Waals surface area (Å²) in [6, 6.07) is 9.23. The van der Waals surface area contributed by atoms with Gasteiger partial charge in [0.05, 0.1) is 14.2 Å². The molecule has 5 nitrogen and oxygen atoms in total. The lowest BCUT2D eigenvalue weighted by molar-refractivity contribution is 0.0810. The smallest absolute Gasteiger partial charge is 0.167 e. The molecule has 0 saturated carbocycles. The molecule has 1 aliphatic rings. The monoisotopic (exact) mass is 383 g/mol. The van der Waals surface area contributed by atoms with Crippen molar-refractivity contribution in [2.75, 3.05) is 27.3 Å². The highest BCUT2D eigenvalue weighted by atomic mass is 16.5. The number of piperidine rings is 1. The van der Waals surface area contributed by atoms with Crippen molar-refractivity contribution in [1.29, 1.82) is 0 Å². The predicted molar refractivity (Wildman–Crippen MR) is 109 cm³/mol. The molecule has 150 valence electrons. The molecule has 0 bridgehead atoms. The maximum absolute atomic E-state index is 13.1. The van der Waals surface area contributed by atoms with Gasteiger partial charge in [-0.3, -0.25) is 9.69 Å². The summed E-state index contributed by atoms with van der Waals surface area (Å²) in [4.78, 5) is 15.4. The fourth-order valence-corrected chi connectivity index (χ4v) is 4.11. The number of aromatic hydroxyl groups is 1. The molecule has 0 radical (unpaired) electrons. The molecule has 1 atom stereocenters. The zero-order valence-corrected chi connectivity index (χ0v) is 17.1. The van der Waals surface area contributed by atoms with E-state index in [9.17, 15) is 9.90 Å². The summed E-state index contributed by atoms with van der Waals surface area (Å²) in [5.41, 5.74) is 3.59. The fourth-order valence-electron chi connectivity index (χ4n) is 4.11. The molecule has 2 aromatic rings. The number of phenols is 1. The van der Waals surface area contributed by atoms with Gasteiger partial charge in [0.25, 0.3) is 0 Å². The first-order valence-electron chi connectivity index (χ1n) is 9.70. The number of likely N-dealkylation sites (tertiary alicyclic amines) is 1. The summed E-state index contributed by atoms with van der Waals surface area (Å²) >= 11 is 0. The molecule has 5 heteroatoms. The average Bonchev–Trinajstić information content (AvgIpc) is 2.69. The molecular formula is C23H29NO4. The summed E-state index contributed by atoms with van der Waals surface area (Å²) in [6.45, 7) is 6.20. The maximum Gasteiger partial charge on any atom is 0.167 e. The van der Waals surface area contributed by atoms with Crippen LogP contribution < -0.4 is 9.47 Å². The maximum atomic E-state index is 13.1. The first-order valence-corrected chi connectivity index (χ1v) is 9.70. The van der Waals surface area contributed by atoms with Gasteiger partial charge >= 0.3 is 0 Å². The van der Waals surface area contributed by atoms with Crippen LogP contribution in [0.5, 0.6) is 17.2 Å². The quantitative estimate of drug-likeness (QED) is 0.761. The molecule has 0 aliphatic carbocycles. The van der Waals surface area contributed by atoms with Crippen molar-refractivity contribution in [2.24, 2.45) is 5.92 Å². The normalized spacial score (nSPS) is 17.4. The number of carbonyl (C=O) groups is 1. The Kier molecular flexibility index (Phi) is 6.25. The number of benzene rings is 2. The van der Waals surface area contributed by atoms with Crippen molar-refractivity contribution in [2.45, 2.75) is 33.2 Å². The number of methoxy groups -OCH3 is 2. The third-order valence-corrected chi connectivity index (χ3v) is 5.51. The molecule has 1 aliphatic heterocycles. The van der Waals surface area contributed by atoms with E-state index in [0.29, 0.717) is 18.8 Å². The molecule has 1 saturated heterocycles. The molecule has 3 rings (SSSR count). The van der Waals surface area contributed by atoms with Gasteiger partial charge in [0.15, 0.2) is 5.78 Å². The van der Waals surface area contributed by atoms with E-state index in [1.807, 2.05) is 38.1 Å². The predicted octanol–water partition coefficient (Wildman–Crippen LogP) is 4.12. The molecule has 0 unspecified atom stereocenters. The highest BCUT2D eigenvalue weighted by Crippen LogP contribution is 2.29. The van der Waals surface area contributed by atoms with Crippen LogP contribution in [0, 0.1) is 19.8 Å². The Balaban J connectivity index is 1.72. The zero-order valence-electron chi connectivity index (χ0n) is 17.1. The van der Waals surface area contributed by atoms with E-state index in [1.54, 1.807) is 20.3 Å². The summed E-state index contributed by atoms with van der Waals surface area (Å²) in [5, 5.41) is 10.2. The van der Waals surface area contributed by atoms with Gasteiger partial charge in [-0.2, -0.15) is 0 Å². The second-order valence-electron chi connectivity index (χ2n) is 7.58. The van der Waals surface area contributed by atoms with Crippen molar-refractivity contribution in [1.82, 2.24) is 4.90 Å². The third-order valence-electron chi connectivity index (χ3n) is 5.51. The van der Waals surface area contributed by atoms with Crippen LogP contribution in [0.4, 0.5) is 0 Å². The van der Waals surface area contributed by atoms with Gasteiger partial charge in [0, 0.05) is 36.2 Å². The van der Waals surface area contributed by atoms with Crippen LogP contribution >= 0.6 is 0 Å². The van der Waals surface area contributed by atoms with Gasteiger partial charge in [-0.1, -0.05) is 6.07 Å². The van der Waals surface area contributed by atoms with E-state index < -0.39 is 0 Å². The summed E-state index contributed by atoms with van der Waals surface area (Å²) < 4.78 is 10.6. The van der Waals surface area contributed by atoms with Crippen LogP contribution in [0.2, 0.25) is 0 Å². The number of hydrogen-bond acceptors (Lipinski definition) is 5. The minimum absolute atomic E-state index is 0.0265. The SMILES string of the molecule is COc1ccc(CN2CCC[C@@H](C(=O)c3cc(C)c(OC)c(C)c3)C2)c(O)c1. The molecule has 2 aromatic carbocycles. The van der Waals surface area contributed by atoms with Crippen LogP contribution in [0.15, 0.2) is 30.3 Å². The van der Waals surface area contributed by atoms with Gasteiger partial charge in [-0.25, -0.2) is 0 Å². The Bertz CT molecular complexity index is 839. The molecular weight excluding hydrogens is 354 g/mol. The molecule has 0 spiro atoms. The minimum Gasteiger partial charge on any atom is -0.507 e. The van der Waals surface area contributed by atoms with Gasteiger partial charge in [-0.05, 0) is 62.6 Å². The Morgan fingerprint density at radius 1 is 1.14 bits per heavy atom. The molecule has 0 aromatic heterocycles. The van der Waals surface area contributed by atoms with Crippen molar-refractivity contribution in [3.05, 3.63) is 52.6 Å². The summed E-state index contributed by atoms with van der Waals surface area (Å²) in [5.74, 6) is 1.88. The van der Waals surface area contributed by atoms with E-state index in [2.05, 4.69) is 4.90 Å². The minimum atomic E-state index is -0.0265. The van der Waals surface area contributed by atoms with Crippen LogP contribution in [0.1, 0.15) is 39.9 Å². The van der Waals surface area contributed by atoms with E-state index in [4.69, 9.17) is 9.47 Å². The lowest BCUT2D eigenvalue weighted by Crippen LogP contribution is -2.38. The van der Waals surface area contributed by atoms with Crippen LogP contribution in [0.25, 0.3) is 0 Å². The lowest BCUT2D eigenvalue weighted by Gasteiger charge is -2.32. The summed E-state index contributed by atoms with van der Waals surface area (Å²) in [7, 11) is 3.24. The van der Waals surface area contributed by atoms with Crippen molar-refractivity contribution >= 4 is 5.78 Å². The topological polar surface area (TPSA) is 59.0 Å². The van der Waals surface area contributed by atoms with Crippen molar-refractivity contribution in [3.63, 3.8) is 0 Å². The Hall–Kier alpha value is -2.53. The second-order valence-corrected chi connectivity index (χ2v) is 7.58. The number of ether oxygens (including phenoxy) is 2. The molecule has 1 heterocycles. The largest absolute Gasteiger partial charge is 0.507 e. The number of aryl methyl sites for hydroxylation is 2. The van der Waals surface area contributed by atoms with Crippen LogP contribution in [0.3, 0.4) is 0 Å². The average molecular weight is 383 g/mol. The highest BCUT2D eigenvalue weighted by Gasteiger charge is 2.27. The second kappa shape index (κ2) is 8.65. The Morgan fingerprint density at radius 2 is 1.86 bits per heavy atom. The van der Waals surface area contributed by atoms with Gasteiger partial charge in [0.2, 0.25) is 0 Å².